The van der Waals surface area contributed by atoms with E-state index < -0.39 is 5.97 Å². The molecule has 0 saturated heterocycles. The molecule has 18 heavy (non-hydrogen) atoms. The number of carboxylic acids is 1. The number of ether oxygens (including phenoxy) is 1. The Hall–Kier alpha value is -1.51. The summed E-state index contributed by atoms with van der Waals surface area (Å²) in [7, 11) is 0. The molecular formula is C15H20O3. The van der Waals surface area contributed by atoms with Crippen LogP contribution in [-0.4, -0.2) is 17.7 Å². The van der Waals surface area contributed by atoms with E-state index in [4.69, 9.17) is 4.74 Å². The molecule has 0 aliphatic carbocycles. The Morgan fingerprint density at radius 1 is 1.39 bits per heavy atom. The van der Waals surface area contributed by atoms with E-state index in [9.17, 15) is 9.90 Å². The molecule has 1 heterocycles. The third-order valence-electron chi connectivity index (χ3n) is 3.52. The molecule has 1 N–H and O–H groups in total. The van der Waals surface area contributed by atoms with Crippen molar-refractivity contribution in [2.45, 2.75) is 46.0 Å². The topological polar surface area (TPSA) is 46.5 Å². The fraction of sp³-hybridized carbons (Fsp3) is 0.533. The van der Waals surface area contributed by atoms with Gasteiger partial charge in [-0.1, -0.05) is 20.8 Å². The Kier molecular flexibility index (Phi) is 3.09. The smallest absolute Gasteiger partial charge is 0.335 e. The summed E-state index contributed by atoms with van der Waals surface area (Å²) in [6, 6.07) is 1.78. The molecule has 0 unspecified atom stereocenters. The van der Waals surface area contributed by atoms with Crippen LogP contribution in [0.1, 0.15) is 54.2 Å². The van der Waals surface area contributed by atoms with Gasteiger partial charge in [-0.3, -0.25) is 0 Å². The maximum absolute atomic E-state index is 11.3. The van der Waals surface area contributed by atoms with Gasteiger partial charge in [-0.05, 0) is 42.4 Å². The molecule has 0 atom stereocenters. The molecule has 0 aromatic heterocycles. The minimum absolute atomic E-state index is 0.112. The molecule has 1 aromatic rings. The number of carbonyl (C=O) groups is 1. The average Bonchev–Trinajstić information content (AvgIpc) is 2.27. The van der Waals surface area contributed by atoms with Crippen LogP contribution < -0.4 is 4.74 Å². The first kappa shape index (κ1) is 12.9. The van der Waals surface area contributed by atoms with E-state index in [-0.39, 0.29) is 5.41 Å². The van der Waals surface area contributed by atoms with Gasteiger partial charge in [0.25, 0.3) is 0 Å². The lowest BCUT2D eigenvalue weighted by molar-refractivity contribution is 0.0695. The van der Waals surface area contributed by atoms with Crippen molar-refractivity contribution in [3.63, 3.8) is 0 Å². The molecule has 1 aliphatic heterocycles. The quantitative estimate of drug-likeness (QED) is 0.829. The van der Waals surface area contributed by atoms with Gasteiger partial charge in [0.15, 0.2) is 0 Å². The lowest BCUT2D eigenvalue weighted by atomic mass is 9.81. The van der Waals surface area contributed by atoms with E-state index in [0.717, 1.165) is 41.9 Å². The lowest BCUT2D eigenvalue weighted by Gasteiger charge is -2.29. The molecule has 98 valence electrons. The second-order valence-electron chi connectivity index (χ2n) is 5.91. The van der Waals surface area contributed by atoms with Crippen LogP contribution in [0.5, 0.6) is 5.75 Å². The first-order valence-electron chi connectivity index (χ1n) is 6.35. The molecule has 3 nitrogen and oxygen atoms in total. The Morgan fingerprint density at radius 3 is 2.61 bits per heavy atom. The third-order valence-corrected chi connectivity index (χ3v) is 3.52. The summed E-state index contributed by atoms with van der Waals surface area (Å²) >= 11 is 0. The SMILES string of the molecule is Cc1c(C(=O)O)cc(C(C)(C)C)c2c1CCCO2. The van der Waals surface area contributed by atoms with Crippen molar-refractivity contribution in [1.29, 1.82) is 0 Å². The maximum Gasteiger partial charge on any atom is 0.335 e. The van der Waals surface area contributed by atoms with Crippen molar-refractivity contribution in [1.82, 2.24) is 0 Å². The lowest BCUT2D eigenvalue weighted by Crippen LogP contribution is -2.21. The van der Waals surface area contributed by atoms with Crippen LogP contribution in [0.15, 0.2) is 6.07 Å². The van der Waals surface area contributed by atoms with Crippen LogP contribution >= 0.6 is 0 Å². The second-order valence-corrected chi connectivity index (χ2v) is 5.91. The van der Waals surface area contributed by atoms with Gasteiger partial charge in [-0.15, -0.1) is 0 Å². The minimum Gasteiger partial charge on any atom is -0.493 e. The minimum atomic E-state index is -0.855. The summed E-state index contributed by atoms with van der Waals surface area (Å²) in [5, 5.41) is 9.32. The fourth-order valence-electron chi connectivity index (χ4n) is 2.48. The van der Waals surface area contributed by atoms with Crippen molar-refractivity contribution in [2.75, 3.05) is 6.61 Å². The fourth-order valence-corrected chi connectivity index (χ4v) is 2.48. The van der Waals surface area contributed by atoms with Gasteiger partial charge in [0, 0.05) is 5.56 Å². The predicted molar refractivity (Wildman–Crippen MR) is 70.7 cm³/mol. The summed E-state index contributed by atoms with van der Waals surface area (Å²) in [6.07, 6.45) is 1.87. The molecule has 3 heteroatoms. The highest BCUT2D eigenvalue weighted by Crippen LogP contribution is 2.40. The molecule has 0 amide bonds. The van der Waals surface area contributed by atoms with Gasteiger partial charge in [0.2, 0.25) is 0 Å². The molecule has 0 spiro atoms. The zero-order valence-electron chi connectivity index (χ0n) is 11.5. The third kappa shape index (κ3) is 2.09. The molecule has 2 rings (SSSR count). The Balaban J connectivity index is 2.73. The number of benzene rings is 1. The highest BCUT2D eigenvalue weighted by molar-refractivity contribution is 5.90. The Bertz CT molecular complexity index is 495. The van der Waals surface area contributed by atoms with Crippen molar-refractivity contribution >= 4 is 5.97 Å². The van der Waals surface area contributed by atoms with Gasteiger partial charge in [0.1, 0.15) is 5.75 Å². The molecule has 0 fully saturated rings. The molecular weight excluding hydrogens is 228 g/mol. The van der Waals surface area contributed by atoms with Crippen LogP contribution in [0, 0.1) is 6.92 Å². The van der Waals surface area contributed by atoms with E-state index in [1.807, 2.05) is 6.92 Å². The number of rotatable bonds is 1. The van der Waals surface area contributed by atoms with E-state index in [1.165, 1.54) is 0 Å². The number of hydrogen-bond donors (Lipinski definition) is 1. The number of fused-ring (bicyclic) bond motifs is 1. The number of aromatic carboxylic acids is 1. The van der Waals surface area contributed by atoms with Crippen LogP contribution in [-0.2, 0) is 11.8 Å². The van der Waals surface area contributed by atoms with Crippen LogP contribution in [0.2, 0.25) is 0 Å². The van der Waals surface area contributed by atoms with E-state index in [1.54, 1.807) is 6.07 Å². The predicted octanol–water partition coefficient (Wildman–Crippen LogP) is 3.32. The summed E-state index contributed by atoms with van der Waals surface area (Å²) in [5.74, 6) is 0.0580. The van der Waals surface area contributed by atoms with Crippen LogP contribution in [0.4, 0.5) is 0 Å². The zero-order valence-corrected chi connectivity index (χ0v) is 11.5. The summed E-state index contributed by atoms with van der Waals surface area (Å²) in [4.78, 5) is 11.3. The van der Waals surface area contributed by atoms with Crippen LogP contribution in [0.3, 0.4) is 0 Å². The average molecular weight is 248 g/mol. The van der Waals surface area contributed by atoms with Gasteiger partial charge >= 0.3 is 5.97 Å². The van der Waals surface area contributed by atoms with Gasteiger partial charge in [-0.2, -0.15) is 0 Å². The maximum atomic E-state index is 11.3. The van der Waals surface area contributed by atoms with Gasteiger partial charge < -0.3 is 9.84 Å². The Morgan fingerprint density at radius 2 is 2.06 bits per heavy atom. The highest BCUT2D eigenvalue weighted by Gasteiger charge is 2.27. The van der Waals surface area contributed by atoms with Gasteiger partial charge in [-0.25, -0.2) is 4.79 Å². The molecule has 0 radical (unpaired) electrons. The van der Waals surface area contributed by atoms with E-state index in [0.29, 0.717) is 5.56 Å². The Labute approximate surface area is 108 Å². The molecule has 0 saturated carbocycles. The summed E-state index contributed by atoms with van der Waals surface area (Å²) < 4.78 is 5.80. The van der Waals surface area contributed by atoms with Crippen molar-refractivity contribution < 1.29 is 14.6 Å². The molecule has 1 aliphatic rings. The monoisotopic (exact) mass is 248 g/mol. The highest BCUT2D eigenvalue weighted by atomic mass is 16.5. The molecule has 0 bridgehead atoms. The van der Waals surface area contributed by atoms with Gasteiger partial charge in [0.05, 0.1) is 12.2 Å². The van der Waals surface area contributed by atoms with Crippen molar-refractivity contribution in [2.24, 2.45) is 0 Å². The van der Waals surface area contributed by atoms with Crippen LogP contribution in [0.25, 0.3) is 0 Å². The first-order valence-corrected chi connectivity index (χ1v) is 6.35. The normalized spacial score (nSPS) is 14.9. The zero-order chi connectivity index (χ0) is 13.5. The number of carboxylic acid groups (broad SMARTS) is 1. The molecule has 1 aromatic carbocycles. The number of hydrogen-bond acceptors (Lipinski definition) is 2. The summed E-state index contributed by atoms with van der Waals surface area (Å²) in [6.45, 7) is 8.86. The largest absolute Gasteiger partial charge is 0.493 e. The van der Waals surface area contributed by atoms with E-state index >= 15 is 0 Å². The van der Waals surface area contributed by atoms with Crippen molar-refractivity contribution in [3.05, 3.63) is 28.3 Å². The summed E-state index contributed by atoms with van der Waals surface area (Å²) in [5.41, 5.74) is 3.22. The first-order chi connectivity index (χ1) is 8.32. The van der Waals surface area contributed by atoms with Crippen molar-refractivity contribution in [3.8, 4) is 5.75 Å². The van der Waals surface area contributed by atoms with E-state index in [2.05, 4.69) is 20.8 Å². The second kappa shape index (κ2) is 4.30. The standard InChI is InChI=1S/C15H20O3/c1-9-10-6-5-7-18-13(10)12(15(2,3)4)8-11(9)14(16)17/h8H,5-7H2,1-4H3,(H,16,17).